The summed E-state index contributed by atoms with van der Waals surface area (Å²) in [5.74, 6) is -8.57. The first-order chi connectivity index (χ1) is 26.8. The second-order valence-electron chi connectivity index (χ2n) is 14.7. The van der Waals surface area contributed by atoms with Gasteiger partial charge in [0.15, 0.2) is 5.75 Å². The van der Waals surface area contributed by atoms with Gasteiger partial charge in [-0.25, -0.2) is 9.98 Å². The summed E-state index contributed by atoms with van der Waals surface area (Å²) in [4.78, 5) is 48.7. The number of Topliss-reactive ketones (excluding diaryl/α,β-unsaturated/α-hetero) is 1. The zero-order valence-electron chi connectivity index (χ0n) is 33.1. The van der Waals surface area contributed by atoms with Crippen molar-refractivity contribution in [2.24, 2.45) is 28.7 Å². The Morgan fingerprint density at radius 2 is 1.70 bits per heavy atom. The number of aliphatic imine (C=N–C) groups is 1. The fraction of sp³-hybridized carbons (Fsp3) is 0.439. The quantitative estimate of drug-likeness (QED) is 0.0775. The van der Waals surface area contributed by atoms with Gasteiger partial charge in [0.2, 0.25) is 5.13 Å². The lowest BCUT2D eigenvalue weighted by Gasteiger charge is -2.38. The zero-order valence-corrected chi connectivity index (χ0v) is 34.0. The van der Waals surface area contributed by atoms with Crippen molar-refractivity contribution in [1.82, 2.24) is 4.98 Å². The minimum atomic E-state index is -2.06. The van der Waals surface area contributed by atoms with Crippen LogP contribution in [0.15, 0.2) is 52.7 Å². The predicted molar refractivity (Wildman–Crippen MR) is 213 cm³/mol. The van der Waals surface area contributed by atoms with Crippen molar-refractivity contribution in [3.8, 4) is 23.0 Å². The highest BCUT2D eigenvalue weighted by Crippen LogP contribution is 2.55. The number of thiazole rings is 1. The number of carbonyl (C=O) groups is 3. The van der Waals surface area contributed by atoms with Crippen molar-refractivity contribution in [3.05, 3.63) is 64.4 Å². The van der Waals surface area contributed by atoms with Crippen molar-refractivity contribution >= 4 is 56.8 Å². The molecule has 9 unspecified atom stereocenters. The van der Waals surface area contributed by atoms with Gasteiger partial charge in [0, 0.05) is 78.9 Å². The molecular formula is C41H49N3O12S. The van der Waals surface area contributed by atoms with E-state index in [1.165, 1.54) is 77.0 Å². The molecule has 1 aromatic heterocycles. The Morgan fingerprint density at radius 1 is 1.00 bits per heavy atom. The molecule has 0 aliphatic carbocycles. The van der Waals surface area contributed by atoms with Gasteiger partial charge in [0.1, 0.15) is 23.4 Å². The molecular weight excluding hydrogens is 759 g/mol. The second kappa shape index (κ2) is 17.1. The van der Waals surface area contributed by atoms with Crippen LogP contribution in [0.1, 0.15) is 70.0 Å². The lowest BCUT2D eigenvalue weighted by atomic mass is 9.78. The number of carbonyl (C=O) groups excluding carboxylic acids is 3. The molecule has 0 spiro atoms. The van der Waals surface area contributed by atoms with E-state index in [1.807, 2.05) is 0 Å². The van der Waals surface area contributed by atoms with Gasteiger partial charge in [-0.3, -0.25) is 14.4 Å². The van der Waals surface area contributed by atoms with Gasteiger partial charge in [-0.2, -0.15) is 0 Å². The minimum Gasteiger partial charge on any atom is -0.507 e. The second-order valence-corrected chi connectivity index (χ2v) is 15.6. The fourth-order valence-electron chi connectivity index (χ4n) is 7.27. The highest BCUT2D eigenvalue weighted by molar-refractivity contribution is 7.13. The largest absolute Gasteiger partial charge is 0.507 e. The summed E-state index contributed by atoms with van der Waals surface area (Å²) in [6.07, 6.45) is 6.15. The first-order valence-electron chi connectivity index (χ1n) is 18.4. The lowest BCUT2D eigenvalue weighted by molar-refractivity contribution is -0.160. The number of aliphatic hydroxyl groups is 2. The number of aromatic nitrogens is 1. The minimum absolute atomic E-state index is 0.0377. The molecule has 3 aromatic rings. The Morgan fingerprint density at radius 3 is 2.33 bits per heavy atom. The first-order valence-corrected chi connectivity index (χ1v) is 19.2. The molecule has 15 nitrogen and oxygen atoms in total. The molecule has 6 N–H and O–H groups in total. The van der Waals surface area contributed by atoms with Crippen LogP contribution in [0.4, 0.5) is 10.8 Å². The number of ether oxygens (including phenoxy) is 4. The number of aliphatic hydroxyl groups excluding tert-OH is 2. The number of esters is 1. The Hall–Kier alpha value is -5.29. The van der Waals surface area contributed by atoms with Crippen molar-refractivity contribution in [1.29, 1.82) is 0 Å². The summed E-state index contributed by atoms with van der Waals surface area (Å²) in [7, 11) is 1.43. The van der Waals surface area contributed by atoms with E-state index in [0.717, 1.165) is 0 Å². The van der Waals surface area contributed by atoms with Crippen LogP contribution in [0.25, 0.3) is 10.8 Å². The number of aromatic hydroxyl groups is 3. The Labute approximate surface area is 334 Å². The molecule has 306 valence electrons. The van der Waals surface area contributed by atoms with E-state index in [1.54, 1.807) is 45.2 Å². The topological polar surface area (TPSA) is 227 Å². The highest BCUT2D eigenvalue weighted by atomic mass is 32.1. The van der Waals surface area contributed by atoms with Gasteiger partial charge in [-0.1, -0.05) is 45.9 Å². The van der Waals surface area contributed by atoms with E-state index in [2.05, 4.69) is 15.3 Å². The molecule has 0 fully saturated rings. The Kier molecular flexibility index (Phi) is 12.8. The molecule has 9 atom stereocenters. The maximum atomic E-state index is 14.3. The zero-order chi connectivity index (χ0) is 42.1. The van der Waals surface area contributed by atoms with Crippen molar-refractivity contribution in [3.63, 3.8) is 0 Å². The summed E-state index contributed by atoms with van der Waals surface area (Å²) in [6.45, 7) is 12.4. The number of fused-ring (bicyclic) bond motifs is 14. The molecule has 3 aliphatic heterocycles. The van der Waals surface area contributed by atoms with Crippen LogP contribution in [-0.4, -0.2) is 91.7 Å². The van der Waals surface area contributed by atoms with Gasteiger partial charge in [-0.05, 0) is 19.9 Å². The van der Waals surface area contributed by atoms with Crippen LogP contribution in [0.3, 0.4) is 0 Å². The Balaban J connectivity index is 1.72. The number of methoxy groups -OCH3 is 1. The number of allylic oxidation sites excluding steroid dienone is 2. The van der Waals surface area contributed by atoms with Crippen molar-refractivity contribution < 1.29 is 58.9 Å². The normalized spacial score (nSPS) is 30.8. The number of hydrogen-bond donors (Lipinski definition) is 6. The summed E-state index contributed by atoms with van der Waals surface area (Å²) < 4.78 is 23.5. The summed E-state index contributed by atoms with van der Waals surface area (Å²) in [6, 6.07) is 0. The number of phenolic OH excluding ortho intramolecular Hbond substituents is 3. The van der Waals surface area contributed by atoms with Gasteiger partial charge in [-0.15, -0.1) is 11.3 Å². The molecule has 16 heteroatoms. The molecule has 5 bridgehead atoms. The first kappa shape index (κ1) is 42.8. The average Bonchev–Trinajstić information content (AvgIpc) is 3.79. The predicted octanol–water partition coefficient (Wildman–Crippen LogP) is 5.96. The van der Waals surface area contributed by atoms with Crippen LogP contribution >= 0.6 is 11.3 Å². The standard InChI is InChI=1S/C41H49N3O12S/c1-18-11-10-12-19(2)39(52)44-30-25(17-43-40-42-14-16-57-40)34(49)27-28(35(30)50)33(48)23(6)37-29(27)38(51)41(8,56-37)54-15-13-26(53-9)20(3)36(55-24(7)45)22(5)32(47)21(4)31(18)46/h10-18,20-22,26,31-32,36,46-50H,1-9H3,(H,44,52)/b11-10-,15-13-,19-12-,43-17-. The van der Waals surface area contributed by atoms with Crippen LogP contribution < -0.4 is 10.1 Å². The van der Waals surface area contributed by atoms with E-state index in [-0.39, 0.29) is 49.6 Å². The molecule has 0 radical (unpaired) electrons. The molecule has 1 amide bonds. The van der Waals surface area contributed by atoms with Gasteiger partial charge in [0.05, 0.1) is 46.8 Å². The number of nitrogens with one attached hydrogen (secondary N) is 1. The van der Waals surface area contributed by atoms with Crippen molar-refractivity contribution in [2.75, 3.05) is 12.4 Å². The van der Waals surface area contributed by atoms with Crippen LogP contribution in [-0.2, 0) is 23.8 Å². The fourth-order valence-corrected chi connectivity index (χ4v) is 7.75. The lowest BCUT2D eigenvalue weighted by Crippen LogP contribution is -2.46. The molecule has 57 heavy (non-hydrogen) atoms. The molecule has 0 saturated heterocycles. The highest BCUT2D eigenvalue weighted by Gasteiger charge is 2.50. The van der Waals surface area contributed by atoms with Gasteiger partial charge < -0.3 is 49.8 Å². The van der Waals surface area contributed by atoms with E-state index in [4.69, 9.17) is 18.9 Å². The number of amides is 1. The third-order valence-electron chi connectivity index (χ3n) is 10.8. The van der Waals surface area contributed by atoms with E-state index in [0.29, 0.717) is 0 Å². The summed E-state index contributed by atoms with van der Waals surface area (Å²) in [5.41, 5.74) is -0.536. The summed E-state index contributed by atoms with van der Waals surface area (Å²) >= 11 is 1.18. The maximum absolute atomic E-state index is 14.3. The number of ketones is 1. The Bertz CT molecular complexity index is 2160. The van der Waals surface area contributed by atoms with Gasteiger partial charge in [0.25, 0.3) is 11.7 Å². The molecule has 4 heterocycles. The van der Waals surface area contributed by atoms with E-state index >= 15 is 0 Å². The molecule has 3 aliphatic rings. The van der Waals surface area contributed by atoms with E-state index < -0.39 is 88.8 Å². The number of benzene rings is 2. The van der Waals surface area contributed by atoms with Crippen LogP contribution in [0.5, 0.6) is 23.0 Å². The summed E-state index contributed by atoms with van der Waals surface area (Å²) in [5, 5.41) is 62.0. The number of phenols is 3. The van der Waals surface area contributed by atoms with E-state index in [9.17, 15) is 39.9 Å². The maximum Gasteiger partial charge on any atom is 0.312 e. The molecule has 6 rings (SSSR count). The number of anilines is 1. The average molecular weight is 808 g/mol. The van der Waals surface area contributed by atoms with Crippen LogP contribution in [0, 0.1) is 30.6 Å². The third kappa shape index (κ3) is 8.26. The number of rotatable bonds is 4. The molecule has 2 aromatic carbocycles. The third-order valence-corrected chi connectivity index (χ3v) is 11.4. The SMILES string of the molecule is COC1/C=C\OC2(C)Oc3c(C)c(O)c4c(O)c(c(/C=N\c5nccs5)c(O)c4c3C2=O)NC(=O)/C(C)=C\C=C/C(C)C(O)C(C)C(O)C(C)C(OC(C)=O)C1C. The number of hydrogen-bond acceptors (Lipinski definition) is 15. The monoisotopic (exact) mass is 807 g/mol. The van der Waals surface area contributed by atoms with Crippen LogP contribution in [0.2, 0.25) is 0 Å². The number of nitrogens with zero attached hydrogens (tertiary/aromatic N) is 2. The molecule has 0 saturated carbocycles. The van der Waals surface area contributed by atoms with Gasteiger partial charge >= 0.3 is 11.8 Å². The smallest absolute Gasteiger partial charge is 0.312 e. The van der Waals surface area contributed by atoms with Crippen molar-refractivity contribution in [2.45, 2.75) is 85.6 Å².